The molecule has 92 valence electrons. The fourth-order valence-electron chi connectivity index (χ4n) is 2.91. The first-order valence-electron chi connectivity index (χ1n) is 6.44. The number of hydrogen-bond acceptors (Lipinski definition) is 4. The number of aromatic nitrogens is 2. The lowest BCUT2D eigenvalue weighted by molar-refractivity contribution is -0.00918. The number of rotatable bonds is 2. The highest BCUT2D eigenvalue weighted by molar-refractivity contribution is 5.91. The van der Waals surface area contributed by atoms with Gasteiger partial charge in [0.05, 0.1) is 17.4 Å². The minimum atomic E-state index is -0.454. The number of benzene rings is 1. The molecule has 0 atom stereocenters. The molecule has 4 heteroatoms. The van der Waals surface area contributed by atoms with Gasteiger partial charge in [-0.3, -0.25) is 0 Å². The number of fused-ring (bicyclic) bond motifs is 1. The second kappa shape index (κ2) is 3.42. The largest absolute Gasteiger partial charge is 0.386 e. The van der Waals surface area contributed by atoms with Crippen LogP contribution in [0.2, 0.25) is 0 Å². The Bertz CT molecular complexity index is 598. The molecule has 2 fully saturated rings. The molecule has 0 bridgehead atoms. The summed E-state index contributed by atoms with van der Waals surface area (Å²) in [5.74, 6) is 0.523. The molecule has 1 aliphatic carbocycles. The number of anilines is 1. The van der Waals surface area contributed by atoms with Gasteiger partial charge < -0.3 is 10.0 Å². The van der Waals surface area contributed by atoms with Gasteiger partial charge in [0.1, 0.15) is 5.60 Å². The predicted octanol–water partition coefficient (Wildman–Crippen LogP) is 1.59. The third-order valence-electron chi connectivity index (χ3n) is 4.13. The van der Waals surface area contributed by atoms with E-state index in [9.17, 15) is 5.11 Å². The Morgan fingerprint density at radius 1 is 1.22 bits per heavy atom. The van der Waals surface area contributed by atoms with Gasteiger partial charge in [0, 0.05) is 18.5 Å². The average Bonchev–Trinajstić information content (AvgIpc) is 3.19. The number of aliphatic hydroxyl groups is 1. The monoisotopic (exact) mass is 241 g/mol. The van der Waals surface area contributed by atoms with Crippen LogP contribution in [-0.2, 0) is 0 Å². The average molecular weight is 241 g/mol. The summed E-state index contributed by atoms with van der Waals surface area (Å²) >= 11 is 0. The van der Waals surface area contributed by atoms with Crippen molar-refractivity contribution in [3.8, 4) is 0 Å². The van der Waals surface area contributed by atoms with Gasteiger partial charge in [-0.1, -0.05) is 18.2 Å². The van der Waals surface area contributed by atoms with E-state index in [2.05, 4.69) is 21.2 Å². The first-order valence-corrected chi connectivity index (χ1v) is 6.44. The quantitative estimate of drug-likeness (QED) is 0.867. The fourth-order valence-corrected chi connectivity index (χ4v) is 2.91. The van der Waals surface area contributed by atoms with E-state index in [4.69, 9.17) is 0 Å². The highest BCUT2D eigenvalue weighted by atomic mass is 16.3. The Morgan fingerprint density at radius 3 is 2.78 bits per heavy atom. The van der Waals surface area contributed by atoms with Crippen molar-refractivity contribution in [2.45, 2.75) is 18.4 Å². The molecule has 4 nitrogen and oxygen atoms in total. The summed E-state index contributed by atoms with van der Waals surface area (Å²) in [7, 11) is 0. The summed E-state index contributed by atoms with van der Waals surface area (Å²) in [4.78, 5) is 2.20. The van der Waals surface area contributed by atoms with E-state index in [-0.39, 0.29) is 0 Å². The maximum Gasteiger partial charge on any atom is 0.102 e. The molecule has 1 N–H and O–H groups in total. The SMILES string of the molecule is OC1(C2CC2)CN(c2cnnc3ccccc23)C1. The molecule has 1 saturated carbocycles. The minimum absolute atomic E-state index is 0.454. The van der Waals surface area contributed by atoms with Crippen molar-refractivity contribution >= 4 is 16.6 Å². The van der Waals surface area contributed by atoms with E-state index in [1.165, 1.54) is 12.8 Å². The second-order valence-corrected chi connectivity index (χ2v) is 5.48. The van der Waals surface area contributed by atoms with Crippen LogP contribution in [0.1, 0.15) is 12.8 Å². The van der Waals surface area contributed by atoms with Crippen LogP contribution in [0.15, 0.2) is 30.5 Å². The Labute approximate surface area is 105 Å². The lowest BCUT2D eigenvalue weighted by Crippen LogP contribution is -2.63. The highest BCUT2D eigenvalue weighted by Crippen LogP contribution is 2.46. The topological polar surface area (TPSA) is 49.2 Å². The molecule has 4 rings (SSSR count). The van der Waals surface area contributed by atoms with Gasteiger partial charge in [0.25, 0.3) is 0 Å². The summed E-state index contributed by atoms with van der Waals surface area (Å²) in [6, 6.07) is 8.02. The predicted molar refractivity (Wildman–Crippen MR) is 69.4 cm³/mol. The van der Waals surface area contributed by atoms with E-state index in [1.807, 2.05) is 18.2 Å². The molecule has 0 spiro atoms. The summed E-state index contributed by atoms with van der Waals surface area (Å²) in [5, 5.41) is 19.7. The molecular weight excluding hydrogens is 226 g/mol. The summed E-state index contributed by atoms with van der Waals surface area (Å²) in [6.07, 6.45) is 4.16. The highest BCUT2D eigenvalue weighted by Gasteiger charge is 2.52. The van der Waals surface area contributed by atoms with Crippen molar-refractivity contribution in [3.63, 3.8) is 0 Å². The molecule has 18 heavy (non-hydrogen) atoms. The van der Waals surface area contributed by atoms with Gasteiger partial charge in [0.2, 0.25) is 0 Å². The number of β-amino-alcohol motifs (C(OH)–C–C–N with tert-alkyl or cyclic N) is 1. The van der Waals surface area contributed by atoms with Crippen LogP contribution in [-0.4, -0.2) is 34.0 Å². The van der Waals surface area contributed by atoms with E-state index in [0.717, 1.165) is 29.7 Å². The number of nitrogens with zero attached hydrogens (tertiary/aromatic N) is 3. The van der Waals surface area contributed by atoms with E-state index in [1.54, 1.807) is 6.20 Å². The zero-order valence-corrected chi connectivity index (χ0v) is 10.1. The molecule has 0 radical (unpaired) electrons. The van der Waals surface area contributed by atoms with Crippen LogP contribution in [0.4, 0.5) is 5.69 Å². The second-order valence-electron chi connectivity index (χ2n) is 5.48. The molecule has 2 aromatic rings. The van der Waals surface area contributed by atoms with Crippen LogP contribution in [0.5, 0.6) is 0 Å². The first kappa shape index (κ1) is 10.3. The molecule has 1 aromatic heterocycles. The normalized spacial score (nSPS) is 21.9. The molecule has 1 aromatic carbocycles. The Morgan fingerprint density at radius 2 is 2.00 bits per heavy atom. The molecule has 1 saturated heterocycles. The molecular formula is C14H15N3O. The summed E-state index contributed by atoms with van der Waals surface area (Å²) < 4.78 is 0. The van der Waals surface area contributed by atoms with E-state index >= 15 is 0 Å². The smallest absolute Gasteiger partial charge is 0.102 e. The van der Waals surface area contributed by atoms with Crippen molar-refractivity contribution in [1.29, 1.82) is 0 Å². The molecule has 2 heterocycles. The van der Waals surface area contributed by atoms with Crippen molar-refractivity contribution in [3.05, 3.63) is 30.5 Å². The standard InChI is InChI=1S/C14H15N3O/c18-14(10-5-6-10)8-17(9-14)13-7-15-16-12-4-2-1-3-11(12)13/h1-4,7,10,18H,5-6,8-9H2. The summed E-state index contributed by atoms with van der Waals surface area (Å²) in [5.41, 5.74) is 1.55. The maximum absolute atomic E-state index is 10.4. The molecule has 2 aliphatic rings. The Hall–Kier alpha value is -1.68. The first-order chi connectivity index (χ1) is 8.76. The lowest BCUT2D eigenvalue weighted by Gasteiger charge is -2.48. The van der Waals surface area contributed by atoms with Crippen LogP contribution >= 0.6 is 0 Å². The van der Waals surface area contributed by atoms with Crippen LogP contribution < -0.4 is 4.90 Å². The Balaban J connectivity index is 1.68. The van der Waals surface area contributed by atoms with Crippen molar-refractivity contribution in [2.75, 3.05) is 18.0 Å². The van der Waals surface area contributed by atoms with Crippen molar-refractivity contribution in [1.82, 2.24) is 10.2 Å². The van der Waals surface area contributed by atoms with Crippen molar-refractivity contribution < 1.29 is 5.11 Å². The van der Waals surface area contributed by atoms with Gasteiger partial charge >= 0.3 is 0 Å². The van der Waals surface area contributed by atoms with E-state index < -0.39 is 5.60 Å². The zero-order chi connectivity index (χ0) is 12.2. The zero-order valence-electron chi connectivity index (χ0n) is 10.1. The van der Waals surface area contributed by atoms with Crippen LogP contribution in [0, 0.1) is 5.92 Å². The molecule has 0 unspecified atom stereocenters. The van der Waals surface area contributed by atoms with Gasteiger partial charge in [-0.15, -0.1) is 0 Å². The minimum Gasteiger partial charge on any atom is -0.386 e. The molecule has 0 amide bonds. The van der Waals surface area contributed by atoms with Crippen LogP contribution in [0.25, 0.3) is 10.9 Å². The lowest BCUT2D eigenvalue weighted by atomic mass is 9.88. The van der Waals surface area contributed by atoms with Crippen molar-refractivity contribution in [2.24, 2.45) is 5.92 Å². The third-order valence-corrected chi connectivity index (χ3v) is 4.13. The van der Waals surface area contributed by atoms with Gasteiger partial charge in [-0.05, 0) is 24.8 Å². The van der Waals surface area contributed by atoms with Gasteiger partial charge in [-0.25, -0.2) is 0 Å². The van der Waals surface area contributed by atoms with E-state index in [0.29, 0.717) is 5.92 Å². The van der Waals surface area contributed by atoms with Gasteiger partial charge in [0.15, 0.2) is 0 Å². The van der Waals surface area contributed by atoms with Crippen LogP contribution in [0.3, 0.4) is 0 Å². The van der Waals surface area contributed by atoms with Gasteiger partial charge in [-0.2, -0.15) is 10.2 Å². The summed E-state index contributed by atoms with van der Waals surface area (Å²) in [6.45, 7) is 1.46. The maximum atomic E-state index is 10.4. The Kier molecular flexibility index (Phi) is 1.95. The third kappa shape index (κ3) is 1.42. The fraction of sp³-hybridized carbons (Fsp3) is 0.429. The number of hydrogen-bond donors (Lipinski definition) is 1. The molecule has 1 aliphatic heterocycles.